The van der Waals surface area contributed by atoms with Crippen molar-refractivity contribution in [2.24, 2.45) is 0 Å². The summed E-state index contributed by atoms with van der Waals surface area (Å²) < 4.78 is 12.5. The fraction of sp³-hybridized carbons (Fsp3) is 0.500. The topological polar surface area (TPSA) is 72.7 Å². The number of morpholine rings is 1. The van der Waals surface area contributed by atoms with Crippen LogP contribution in [0.2, 0.25) is 0 Å². The maximum Gasteiger partial charge on any atom is 0.274 e. The zero-order valence-corrected chi connectivity index (χ0v) is 14.9. The summed E-state index contributed by atoms with van der Waals surface area (Å²) >= 11 is 0. The Hall–Kier alpha value is -2.45. The number of rotatable bonds is 4. The van der Waals surface area contributed by atoms with E-state index in [1.807, 2.05) is 33.8 Å². The third-order valence-electron chi connectivity index (χ3n) is 4.77. The minimum atomic E-state index is -0.00351. The summed E-state index contributed by atoms with van der Waals surface area (Å²) in [6.45, 7) is 5.61. The van der Waals surface area contributed by atoms with E-state index in [0.29, 0.717) is 37.9 Å². The highest BCUT2D eigenvalue weighted by molar-refractivity contribution is 5.92. The Morgan fingerprint density at radius 2 is 2.08 bits per heavy atom. The molecule has 4 rings (SSSR count). The lowest BCUT2D eigenvalue weighted by Gasteiger charge is -2.27. The number of hydrogen-bond donors (Lipinski definition) is 0. The number of methoxy groups -OCH3 is 1. The first kappa shape index (κ1) is 17.0. The summed E-state index contributed by atoms with van der Waals surface area (Å²) in [6.07, 6.45) is 0. The van der Waals surface area contributed by atoms with Gasteiger partial charge in [0, 0.05) is 38.8 Å². The van der Waals surface area contributed by atoms with E-state index >= 15 is 0 Å². The fourth-order valence-corrected chi connectivity index (χ4v) is 3.38. The van der Waals surface area contributed by atoms with Crippen molar-refractivity contribution in [3.8, 4) is 5.88 Å². The van der Waals surface area contributed by atoms with Crippen LogP contribution in [-0.4, -0.2) is 70.4 Å². The van der Waals surface area contributed by atoms with Crippen LogP contribution in [0.5, 0.6) is 5.88 Å². The SMILES string of the molecule is COc1cccc(CN2CCn3nc(C(=O)N4CCOCC4)cc3C2)n1. The van der Waals surface area contributed by atoms with E-state index < -0.39 is 0 Å². The van der Waals surface area contributed by atoms with Crippen LogP contribution in [0.25, 0.3) is 0 Å². The Bertz CT molecular complexity index is 785. The number of ether oxygens (including phenoxy) is 2. The summed E-state index contributed by atoms with van der Waals surface area (Å²) in [4.78, 5) is 21.2. The highest BCUT2D eigenvalue weighted by Crippen LogP contribution is 2.18. The smallest absolute Gasteiger partial charge is 0.274 e. The van der Waals surface area contributed by atoms with Crippen LogP contribution in [0.1, 0.15) is 21.9 Å². The number of pyridine rings is 1. The van der Waals surface area contributed by atoms with Crippen LogP contribution in [0.3, 0.4) is 0 Å². The largest absolute Gasteiger partial charge is 0.481 e. The number of hydrogen-bond acceptors (Lipinski definition) is 6. The van der Waals surface area contributed by atoms with E-state index in [2.05, 4.69) is 15.0 Å². The van der Waals surface area contributed by atoms with Gasteiger partial charge in [-0.2, -0.15) is 5.10 Å². The molecule has 2 aliphatic heterocycles. The van der Waals surface area contributed by atoms with Gasteiger partial charge in [-0.05, 0) is 12.1 Å². The van der Waals surface area contributed by atoms with Gasteiger partial charge in [-0.15, -0.1) is 0 Å². The summed E-state index contributed by atoms with van der Waals surface area (Å²) in [5.74, 6) is 0.624. The molecule has 8 heteroatoms. The minimum absolute atomic E-state index is 0.00351. The molecule has 0 spiro atoms. The maximum absolute atomic E-state index is 12.6. The normalized spacial score (nSPS) is 17.8. The van der Waals surface area contributed by atoms with Crippen LogP contribution < -0.4 is 4.74 Å². The van der Waals surface area contributed by atoms with Crippen molar-refractivity contribution in [2.75, 3.05) is 40.0 Å². The van der Waals surface area contributed by atoms with Gasteiger partial charge in [0.05, 0.1) is 38.3 Å². The van der Waals surface area contributed by atoms with Gasteiger partial charge in [0.2, 0.25) is 5.88 Å². The molecule has 0 N–H and O–H groups in total. The molecule has 8 nitrogen and oxygen atoms in total. The Morgan fingerprint density at radius 3 is 2.88 bits per heavy atom. The molecule has 0 aliphatic carbocycles. The van der Waals surface area contributed by atoms with Crippen molar-refractivity contribution in [3.63, 3.8) is 0 Å². The molecule has 1 saturated heterocycles. The monoisotopic (exact) mass is 357 g/mol. The van der Waals surface area contributed by atoms with E-state index in [0.717, 1.165) is 37.6 Å². The van der Waals surface area contributed by atoms with Crippen LogP contribution >= 0.6 is 0 Å². The number of amides is 1. The summed E-state index contributed by atoms with van der Waals surface area (Å²) in [7, 11) is 1.62. The Kier molecular flexibility index (Phi) is 4.85. The number of fused-ring (bicyclic) bond motifs is 1. The van der Waals surface area contributed by atoms with Crippen LogP contribution in [0.15, 0.2) is 24.3 Å². The molecular weight excluding hydrogens is 334 g/mol. The highest BCUT2D eigenvalue weighted by Gasteiger charge is 2.25. The molecule has 0 radical (unpaired) electrons. The zero-order valence-electron chi connectivity index (χ0n) is 14.9. The van der Waals surface area contributed by atoms with Gasteiger partial charge in [-0.3, -0.25) is 14.4 Å². The second-order valence-corrected chi connectivity index (χ2v) is 6.53. The van der Waals surface area contributed by atoms with Crippen molar-refractivity contribution < 1.29 is 14.3 Å². The average Bonchev–Trinajstić information content (AvgIpc) is 3.11. The lowest BCUT2D eigenvalue weighted by Crippen LogP contribution is -2.40. The van der Waals surface area contributed by atoms with Crippen LogP contribution in [0.4, 0.5) is 0 Å². The van der Waals surface area contributed by atoms with E-state index in [1.165, 1.54) is 0 Å². The molecule has 0 atom stereocenters. The molecule has 0 aromatic carbocycles. The third-order valence-corrected chi connectivity index (χ3v) is 4.77. The molecule has 1 fully saturated rings. The van der Waals surface area contributed by atoms with Crippen molar-refractivity contribution in [1.29, 1.82) is 0 Å². The second-order valence-electron chi connectivity index (χ2n) is 6.53. The molecule has 26 heavy (non-hydrogen) atoms. The molecule has 138 valence electrons. The van der Waals surface area contributed by atoms with Gasteiger partial charge in [0.25, 0.3) is 5.91 Å². The zero-order chi connectivity index (χ0) is 17.9. The molecule has 1 amide bonds. The second kappa shape index (κ2) is 7.43. The molecule has 2 aromatic heterocycles. The number of aromatic nitrogens is 3. The van der Waals surface area contributed by atoms with Gasteiger partial charge in [-0.1, -0.05) is 6.07 Å². The number of nitrogens with zero attached hydrogens (tertiary/aromatic N) is 5. The minimum Gasteiger partial charge on any atom is -0.481 e. The van der Waals surface area contributed by atoms with Crippen molar-refractivity contribution in [2.45, 2.75) is 19.6 Å². The van der Waals surface area contributed by atoms with E-state index in [9.17, 15) is 4.79 Å². The van der Waals surface area contributed by atoms with Crippen molar-refractivity contribution in [1.82, 2.24) is 24.6 Å². The van der Waals surface area contributed by atoms with E-state index in [1.54, 1.807) is 7.11 Å². The molecule has 0 unspecified atom stereocenters. The standard InChI is InChI=1S/C18H23N5O3/c1-25-17-4-2-3-14(19-17)12-21-5-6-23-15(13-21)11-16(20-23)18(24)22-7-9-26-10-8-22/h2-4,11H,5-10,12-13H2,1H3. The third kappa shape index (κ3) is 3.56. The molecule has 0 bridgehead atoms. The maximum atomic E-state index is 12.6. The summed E-state index contributed by atoms with van der Waals surface area (Å²) in [6, 6.07) is 7.72. The van der Waals surface area contributed by atoms with E-state index in [4.69, 9.17) is 9.47 Å². The summed E-state index contributed by atoms with van der Waals surface area (Å²) in [5.41, 5.74) is 2.57. The van der Waals surface area contributed by atoms with Gasteiger partial charge in [0.1, 0.15) is 0 Å². The first-order valence-electron chi connectivity index (χ1n) is 8.89. The van der Waals surface area contributed by atoms with Crippen molar-refractivity contribution in [3.05, 3.63) is 41.3 Å². The first-order valence-corrected chi connectivity index (χ1v) is 8.89. The van der Waals surface area contributed by atoms with Gasteiger partial charge in [0.15, 0.2) is 5.69 Å². The molecule has 4 heterocycles. The fourth-order valence-electron chi connectivity index (χ4n) is 3.38. The van der Waals surface area contributed by atoms with Gasteiger partial charge in [-0.25, -0.2) is 4.98 Å². The van der Waals surface area contributed by atoms with Gasteiger partial charge >= 0.3 is 0 Å². The van der Waals surface area contributed by atoms with Crippen molar-refractivity contribution >= 4 is 5.91 Å². The highest BCUT2D eigenvalue weighted by atomic mass is 16.5. The number of carbonyl (C=O) groups is 1. The first-order chi connectivity index (χ1) is 12.7. The summed E-state index contributed by atoms with van der Waals surface area (Å²) in [5, 5.41) is 4.52. The Labute approximate surface area is 152 Å². The molecule has 2 aliphatic rings. The quantitative estimate of drug-likeness (QED) is 0.805. The Balaban J connectivity index is 1.43. The predicted octanol–water partition coefficient (Wildman–Crippen LogP) is 0.775. The predicted molar refractivity (Wildman–Crippen MR) is 93.9 cm³/mol. The Morgan fingerprint density at radius 1 is 1.23 bits per heavy atom. The van der Waals surface area contributed by atoms with Crippen LogP contribution in [-0.2, 0) is 24.4 Å². The van der Waals surface area contributed by atoms with Gasteiger partial charge < -0.3 is 14.4 Å². The average molecular weight is 357 g/mol. The lowest BCUT2D eigenvalue weighted by molar-refractivity contribution is 0.0298. The lowest BCUT2D eigenvalue weighted by atomic mass is 10.2. The molecule has 2 aromatic rings. The van der Waals surface area contributed by atoms with Crippen LogP contribution in [0, 0.1) is 0 Å². The van der Waals surface area contributed by atoms with E-state index in [-0.39, 0.29) is 5.91 Å². The number of carbonyl (C=O) groups excluding carboxylic acids is 1. The molecular formula is C18H23N5O3. The molecule has 0 saturated carbocycles.